The van der Waals surface area contributed by atoms with Crippen molar-refractivity contribution in [3.8, 4) is 0 Å². The van der Waals surface area contributed by atoms with E-state index in [2.05, 4.69) is 31.9 Å². The molecule has 2 aromatic rings. The van der Waals surface area contributed by atoms with Crippen LogP contribution in [0.3, 0.4) is 0 Å². The predicted molar refractivity (Wildman–Crippen MR) is 85.8 cm³/mol. The first-order chi connectivity index (χ1) is 9.11. The Balaban J connectivity index is 2.15. The van der Waals surface area contributed by atoms with E-state index >= 15 is 0 Å². The van der Waals surface area contributed by atoms with Crippen molar-refractivity contribution in [1.82, 2.24) is 0 Å². The third-order valence-electron chi connectivity index (χ3n) is 2.87. The molecule has 1 aromatic heterocycles. The van der Waals surface area contributed by atoms with Crippen LogP contribution in [-0.4, -0.2) is 18.8 Å². The highest BCUT2D eigenvalue weighted by molar-refractivity contribution is 9.12. The van der Waals surface area contributed by atoms with Gasteiger partial charge in [-0.1, -0.05) is 24.3 Å². The van der Waals surface area contributed by atoms with E-state index in [0.29, 0.717) is 6.61 Å². The molecule has 0 saturated carbocycles. The van der Waals surface area contributed by atoms with Crippen molar-refractivity contribution in [2.45, 2.75) is 12.5 Å². The van der Waals surface area contributed by atoms with Crippen LogP contribution in [0.15, 0.2) is 37.9 Å². The van der Waals surface area contributed by atoms with Crippen LogP contribution >= 0.6 is 43.2 Å². The second kappa shape index (κ2) is 6.99. The van der Waals surface area contributed by atoms with Crippen LogP contribution in [0, 0.1) is 0 Å². The van der Waals surface area contributed by atoms with Gasteiger partial charge in [0, 0.05) is 12.7 Å². The van der Waals surface area contributed by atoms with Crippen LogP contribution in [0.4, 0.5) is 0 Å². The highest BCUT2D eigenvalue weighted by Crippen LogP contribution is 2.37. The van der Waals surface area contributed by atoms with Crippen LogP contribution in [0.5, 0.6) is 0 Å². The van der Waals surface area contributed by atoms with Crippen LogP contribution in [0.1, 0.15) is 22.8 Å². The molecule has 0 aliphatic rings. The Morgan fingerprint density at radius 3 is 2.47 bits per heavy atom. The average molecular weight is 406 g/mol. The van der Waals surface area contributed by atoms with Gasteiger partial charge in [-0.05, 0) is 55.5 Å². The number of ether oxygens (including phenoxy) is 1. The molecule has 1 N–H and O–H groups in total. The molecule has 19 heavy (non-hydrogen) atoms. The zero-order valence-corrected chi connectivity index (χ0v) is 14.4. The zero-order chi connectivity index (χ0) is 13.8. The molecule has 2 rings (SSSR count). The Bertz CT molecular complexity index is 537. The third-order valence-corrected chi connectivity index (χ3v) is 5.25. The first-order valence-electron chi connectivity index (χ1n) is 5.82. The Kier molecular flexibility index (Phi) is 5.59. The monoisotopic (exact) mass is 404 g/mol. The maximum Gasteiger partial charge on any atom is 0.106 e. The van der Waals surface area contributed by atoms with Gasteiger partial charge in [-0.25, -0.2) is 0 Å². The van der Waals surface area contributed by atoms with Crippen molar-refractivity contribution in [2.24, 2.45) is 0 Å². The lowest BCUT2D eigenvalue weighted by molar-refractivity contribution is 0.202. The van der Waals surface area contributed by atoms with E-state index in [9.17, 15) is 5.11 Å². The molecule has 0 aliphatic carbocycles. The van der Waals surface area contributed by atoms with Gasteiger partial charge < -0.3 is 9.84 Å². The number of benzene rings is 1. The van der Waals surface area contributed by atoms with Crippen LogP contribution in [-0.2, 0) is 11.2 Å². The molecule has 0 bridgehead atoms. The summed E-state index contributed by atoms with van der Waals surface area (Å²) >= 11 is 8.47. The smallest absolute Gasteiger partial charge is 0.106 e. The summed E-state index contributed by atoms with van der Waals surface area (Å²) in [5, 5.41) is 10.4. The summed E-state index contributed by atoms with van der Waals surface area (Å²) in [5.74, 6) is 0. The van der Waals surface area contributed by atoms with Crippen molar-refractivity contribution >= 4 is 43.2 Å². The molecule has 1 unspecified atom stereocenters. The molecule has 5 heteroatoms. The molecule has 0 fully saturated rings. The Labute approximate surface area is 133 Å². The third kappa shape index (κ3) is 3.89. The Morgan fingerprint density at radius 2 is 1.95 bits per heavy atom. The molecule has 0 radical (unpaired) electrons. The lowest BCUT2D eigenvalue weighted by Crippen LogP contribution is -2.00. The summed E-state index contributed by atoms with van der Waals surface area (Å²) in [4.78, 5) is 0. The van der Waals surface area contributed by atoms with Gasteiger partial charge in [0.15, 0.2) is 0 Å². The number of methoxy groups -OCH3 is 1. The summed E-state index contributed by atoms with van der Waals surface area (Å²) in [7, 11) is 1.70. The minimum absolute atomic E-state index is 0.603. The number of halogens is 2. The standard InChI is InChI=1S/C14H14Br2O2S/c1-18-7-6-9-2-4-10(5-3-9)13(17)11-8-12(15)19-14(11)16/h2-5,8,13,17H,6-7H2,1H3. The van der Waals surface area contributed by atoms with Crippen molar-refractivity contribution in [3.05, 3.63) is 54.6 Å². The highest BCUT2D eigenvalue weighted by Gasteiger charge is 2.16. The Morgan fingerprint density at radius 1 is 1.26 bits per heavy atom. The van der Waals surface area contributed by atoms with Gasteiger partial charge in [0.25, 0.3) is 0 Å². The molecular weight excluding hydrogens is 392 g/mol. The lowest BCUT2D eigenvalue weighted by Gasteiger charge is -2.11. The number of hydrogen-bond donors (Lipinski definition) is 1. The molecule has 1 heterocycles. The maximum absolute atomic E-state index is 10.4. The molecule has 0 saturated heterocycles. The zero-order valence-electron chi connectivity index (χ0n) is 10.4. The number of aliphatic hydroxyl groups is 1. The average Bonchev–Trinajstić information content (AvgIpc) is 2.75. The van der Waals surface area contributed by atoms with Crippen LogP contribution in [0.2, 0.25) is 0 Å². The van der Waals surface area contributed by atoms with E-state index < -0.39 is 6.10 Å². The molecule has 0 aliphatic heterocycles. The summed E-state index contributed by atoms with van der Waals surface area (Å²) in [6.45, 7) is 0.713. The SMILES string of the molecule is COCCc1ccc(C(O)c2cc(Br)sc2Br)cc1. The van der Waals surface area contributed by atoms with E-state index in [1.165, 1.54) is 5.56 Å². The predicted octanol–water partition coefficient (Wildman–Crippen LogP) is 4.54. The van der Waals surface area contributed by atoms with Gasteiger partial charge in [-0.3, -0.25) is 0 Å². The lowest BCUT2D eigenvalue weighted by atomic mass is 10.0. The van der Waals surface area contributed by atoms with E-state index in [1.54, 1.807) is 18.4 Å². The van der Waals surface area contributed by atoms with E-state index in [0.717, 1.165) is 25.1 Å². The number of thiophene rings is 1. The van der Waals surface area contributed by atoms with Crippen molar-refractivity contribution < 1.29 is 9.84 Å². The molecule has 1 aromatic carbocycles. The summed E-state index contributed by atoms with van der Waals surface area (Å²) in [6, 6.07) is 9.94. The van der Waals surface area contributed by atoms with Gasteiger partial charge in [-0.15, -0.1) is 11.3 Å². The normalized spacial score (nSPS) is 12.6. The quantitative estimate of drug-likeness (QED) is 0.790. The fourth-order valence-electron chi connectivity index (χ4n) is 1.81. The molecule has 0 spiro atoms. The molecule has 102 valence electrons. The fourth-order valence-corrected chi connectivity index (χ4v) is 4.69. The Hall–Kier alpha value is -0.200. The first kappa shape index (κ1) is 15.2. The number of rotatable bonds is 5. The molecular formula is C14H14Br2O2S. The van der Waals surface area contributed by atoms with Gasteiger partial charge in [0.2, 0.25) is 0 Å². The van der Waals surface area contributed by atoms with Gasteiger partial charge in [0.05, 0.1) is 14.2 Å². The summed E-state index contributed by atoms with van der Waals surface area (Å²) in [5.41, 5.74) is 3.00. The first-order valence-corrected chi connectivity index (χ1v) is 8.22. The second-order valence-electron chi connectivity index (χ2n) is 4.17. The van der Waals surface area contributed by atoms with Crippen molar-refractivity contribution in [3.63, 3.8) is 0 Å². The van der Waals surface area contributed by atoms with Gasteiger partial charge in [0.1, 0.15) is 6.10 Å². The molecule has 1 atom stereocenters. The van der Waals surface area contributed by atoms with Gasteiger partial charge >= 0.3 is 0 Å². The fraction of sp³-hybridized carbons (Fsp3) is 0.286. The van der Waals surface area contributed by atoms with E-state index in [1.807, 2.05) is 30.3 Å². The number of aliphatic hydroxyl groups excluding tert-OH is 1. The summed E-state index contributed by atoms with van der Waals surface area (Å²) < 4.78 is 7.01. The van der Waals surface area contributed by atoms with Crippen LogP contribution < -0.4 is 0 Å². The van der Waals surface area contributed by atoms with E-state index in [-0.39, 0.29) is 0 Å². The van der Waals surface area contributed by atoms with E-state index in [4.69, 9.17) is 4.74 Å². The largest absolute Gasteiger partial charge is 0.384 e. The highest BCUT2D eigenvalue weighted by atomic mass is 79.9. The minimum Gasteiger partial charge on any atom is -0.384 e. The van der Waals surface area contributed by atoms with Crippen LogP contribution in [0.25, 0.3) is 0 Å². The maximum atomic E-state index is 10.4. The number of hydrogen-bond acceptors (Lipinski definition) is 3. The molecule has 2 nitrogen and oxygen atoms in total. The van der Waals surface area contributed by atoms with Crippen molar-refractivity contribution in [1.29, 1.82) is 0 Å². The minimum atomic E-state index is -0.603. The second-order valence-corrected chi connectivity index (χ2v) is 7.92. The topological polar surface area (TPSA) is 29.5 Å². The summed E-state index contributed by atoms with van der Waals surface area (Å²) in [6.07, 6.45) is 0.286. The molecule has 0 amide bonds. The van der Waals surface area contributed by atoms with Crippen molar-refractivity contribution in [2.75, 3.05) is 13.7 Å². The van der Waals surface area contributed by atoms with Gasteiger partial charge in [-0.2, -0.15) is 0 Å².